The molecule has 3 aromatic rings. The van der Waals surface area contributed by atoms with E-state index in [1.165, 1.54) is 19.2 Å². The molecule has 0 aliphatic rings. The molecule has 152 valence electrons. The maximum absolute atomic E-state index is 12.3. The summed E-state index contributed by atoms with van der Waals surface area (Å²) in [6.45, 7) is -0.409. The number of amides is 1. The third kappa shape index (κ3) is 5.46. The summed E-state index contributed by atoms with van der Waals surface area (Å²) in [6.07, 6.45) is 0. The molecule has 1 N–H and O–H groups in total. The highest BCUT2D eigenvalue weighted by Gasteiger charge is 2.14. The fourth-order valence-corrected chi connectivity index (χ4v) is 2.75. The molecule has 6 nitrogen and oxygen atoms in total. The smallest absolute Gasteiger partial charge is 0.338 e. The Kier molecular flexibility index (Phi) is 6.83. The van der Waals surface area contributed by atoms with Gasteiger partial charge in [-0.05, 0) is 54.6 Å². The van der Waals surface area contributed by atoms with Crippen LogP contribution in [0.4, 0.5) is 5.69 Å². The summed E-state index contributed by atoms with van der Waals surface area (Å²) in [6, 6.07) is 19.3. The van der Waals surface area contributed by atoms with Gasteiger partial charge in [-0.2, -0.15) is 0 Å². The summed E-state index contributed by atoms with van der Waals surface area (Å²) in [5.74, 6) is -0.829. The van der Waals surface area contributed by atoms with E-state index >= 15 is 0 Å². The first-order chi connectivity index (χ1) is 14.5. The molecule has 0 aliphatic heterocycles. The number of benzene rings is 3. The summed E-state index contributed by atoms with van der Waals surface area (Å²) in [7, 11) is 1.50. The molecule has 0 spiro atoms. The number of hydrogen-bond acceptors (Lipinski definition) is 5. The van der Waals surface area contributed by atoms with Gasteiger partial charge in [-0.3, -0.25) is 9.59 Å². The summed E-state index contributed by atoms with van der Waals surface area (Å²) in [5, 5.41) is 3.23. The molecular weight excluding hydrogens is 406 g/mol. The van der Waals surface area contributed by atoms with Gasteiger partial charge in [0.25, 0.3) is 5.91 Å². The van der Waals surface area contributed by atoms with Crippen LogP contribution in [0, 0.1) is 0 Å². The normalized spacial score (nSPS) is 10.2. The van der Waals surface area contributed by atoms with Crippen molar-refractivity contribution in [1.82, 2.24) is 0 Å². The Morgan fingerprint density at radius 1 is 0.867 bits per heavy atom. The molecule has 3 rings (SSSR count). The number of Topliss-reactive ketones (excluding diaryl/α,β-unsaturated/α-hetero) is 1. The van der Waals surface area contributed by atoms with Crippen molar-refractivity contribution in [2.45, 2.75) is 0 Å². The molecule has 0 aliphatic carbocycles. The molecule has 0 bridgehead atoms. The Labute approximate surface area is 178 Å². The van der Waals surface area contributed by atoms with Gasteiger partial charge < -0.3 is 14.8 Å². The number of nitrogens with one attached hydrogen (secondary N) is 1. The second kappa shape index (κ2) is 9.71. The minimum atomic E-state index is -0.672. The maximum Gasteiger partial charge on any atom is 0.338 e. The van der Waals surface area contributed by atoms with Crippen LogP contribution >= 0.6 is 11.6 Å². The first kappa shape index (κ1) is 21.1. The molecule has 0 fully saturated rings. The standard InChI is InChI=1S/C23H18ClNO5/c1-29-20-7-3-4-16(13-20)21(26)14-30-23(28)17-5-2-6-19(12-17)25-22(27)15-8-10-18(24)11-9-15/h2-13H,14H2,1H3,(H,25,27). The van der Waals surface area contributed by atoms with Crippen LogP contribution < -0.4 is 10.1 Å². The van der Waals surface area contributed by atoms with Crippen LogP contribution in [0.5, 0.6) is 5.75 Å². The SMILES string of the molecule is COc1cccc(C(=O)COC(=O)c2cccc(NC(=O)c3ccc(Cl)cc3)c2)c1. The fraction of sp³-hybridized carbons (Fsp3) is 0.0870. The molecule has 1 amide bonds. The average Bonchev–Trinajstić information content (AvgIpc) is 2.77. The van der Waals surface area contributed by atoms with Crippen molar-refractivity contribution in [1.29, 1.82) is 0 Å². The zero-order chi connectivity index (χ0) is 21.5. The highest BCUT2D eigenvalue weighted by atomic mass is 35.5. The predicted octanol–water partition coefficient (Wildman–Crippen LogP) is 4.64. The van der Waals surface area contributed by atoms with Gasteiger partial charge in [0, 0.05) is 21.8 Å². The fourth-order valence-electron chi connectivity index (χ4n) is 2.62. The number of ketones is 1. The quantitative estimate of drug-likeness (QED) is 0.442. The second-order valence-corrected chi connectivity index (χ2v) is 6.71. The lowest BCUT2D eigenvalue weighted by atomic mass is 10.1. The first-order valence-corrected chi connectivity index (χ1v) is 9.35. The van der Waals surface area contributed by atoms with E-state index in [-0.39, 0.29) is 17.3 Å². The number of carbonyl (C=O) groups excluding carboxylic acids is 3. The van der Waals surface area contributed by atoms with Gasteiger partial charge in [0.05, 0.1) is 12.7 Å². The van der Waals surface area contributed by atoms with Gasteiger partial charge in [0.15, 0.2) is 12.4 Å². The summed E-state index contributed by atoms with van der Waals surface area (Å²) >= 11 is 5.83. The zero-order valence-electron chi connectivity index (χ0n) is 16.1. The van der Waals surface area contributed by atoms with Crippen LogP contribution in [-0.2, 0) is 4.74 Å². The number of rotatable bonds is 7. The number of anilines is 1. The summed E-state index contributed by atoms with van der Waals surface area (Å²) in [4.78, 5) is 36.9. The number of carbonyl (C=O) groups is 3. The minimum Gasteiger partial charge on any atom is -0.497 e. The highest BCUT2D eigenvalue weighted by Crippen LogP contribution is 2.16. The van der Waals surface area contributed by atoms with Crippen LogP contribution in [-0.4, -0.2) is 31.4 Å². The van der Waals surface area contributed by atoms with E-state index in [1.807, 2.05) is 0 Å². The van der Waals surface area contributed by atoms with E-state index in [0.29, 0.717) is 27.6 Å². The van der Waals surface area contributed by atoms with Crippen LogP contribution in [0.25, 0.3) is 0 Å². The molecule has 0 heterocycles. The average molecular weight is 424 g/mol. The van der Waals surface area contributed by atoms with Crippen LogP contribution in [0.15, 0.2) is 72.8 Å². The third-order valence-corrected chi connectivity index (χ3v) is 4.44. The zero-order valence-corrected chi connectivity index (χ0v) is 16.8. The van der Waals surface area contributed by atoms with Crippen LogP contribution in [0.1, 0.15) is 31.1 Å². The van der Waals surface area contributed by atoms with E-state index < -0.39 is 12.6 Å². The molecule has 0 saturated carbocycles. The van der Waals surface area contributed by atoms with E-state index in [2.05, 4.69) is 5.32 Å². The van der Waals surface area contributed by atoms with Crippen LogP contribution in [0.3, 0.4) is 0 Å². The Morgan fingerprint density at radius 3 is 2.30 bits per heavy atom. The Balaban J connectivity index is 1.62. The molecule has 0 saturated heterocycles. The number of halogens is 1. The maximum atomic E-state index is 12.3. The summed E-state index contributed by atoms with van der Waals surface area (Å²) in [5.41, 5.74) is 1.44. The van der Waals surface area contributed by atoms with Gasteiger partial charge in [-0.1, -0.05) is 29.8 Å². The van der Waals surface area contributed by atoms with Crippen molar-refractivity contribution in [3.8, 4) is 5.75 Å². The number of methoxy groups -OCH3 is 1. The monoisotopic (exact) mass is 423 g/mol. The van der Waals surface area contributed by atoms with Crippen molar-refractivity contribution >= 4 is 34.9 Å². The second-order valence-electron chi connectivity index (χ2n) is 6.27. The van der Waals surface area contributed by atoms with E-state index in [0.717, 1.165) is 0 Å². The number of ether oxygens (including phenoxy) is 2. The molecular formula is C23H18ClNO5. The molecule has 0 unspecified atom stereocenters. The van der Waals surface area contributed by atoms with Crippen molar-refractivity contribution in [2.24, 2.45) is 0 Å². The largest absolute Gasteiger partial charge is 0.497 e. The molecule has 0 radical (unpaired) electrons. The van der Waals surface area contributed by atoms with E-state index in [4.69, 9.17) is 21.1 Å². The Hall–Kier alpha value is -3.64. The van der Waals surface area contributed by atoms with E-state index in [1.54, 1.807) is 60.7 Å². The molecule has 7 heteroatoms. The Morgan fingerprint density at radius 2 is 1.57 bits per heavy atom. The topological polar surface area (TPSA) is 81.7 Å². The van der Waals surface area contributed by atoms with Gasteiger partial charge in [0.2, 0.25) is 0 Å². The highest BCUT2D eigenvalue weighted by molar-refractivity contribution is 6.30. The lowest BCUT2D eigenvalue weighted by Gasteiger charge is -2.08. The van der Waals surface area contributed by atoms with Crippen molar-refractivity contribution < 1.29 is 23.9 Å². The third-order valence-electron chi connectivity index (χ3n) is 4.19. The lowest BCUT2D eigenvalue weighted by Crippen LogP contribution is -2.15. The molecule has 0 aromatic heterocycles. The van der Waals surface area contributed by atoms with Gasteiger partial charge in [-0.25, -0.2) is 4.79 Å². The number of hydrogen-bond donors (Lipinski definition) is 1. The molecule has 0 atom stereocenters. The summed E-state index contributed by atoms with van der Waals surface area (Å²) < 4.78 is 10.2. The van der Waals surface area contributed by atoms with Gasteiger partial charge in [0.1, 0.15) is 5.75 Å². The van der Waals surface area contributed by atoms with Gasteiger partial charge in [-0.15, -0.1) is 0 Å². The predicted molar refractivity (Wildman–Crippen MR) is 113 cm³/mol. The van der Waals surface area contributed by atoms with Crippen molar-refractivity contribution in [2.75, 3.05) is 19.0 Å². The van der Waals surface area contributed by atoms with Crippen molar-refractivity contribution in [3.05, 3.63) is 94.5 Å². The van der Waals surface area contributed by atoms with Crippen LogP contribution in [0.2, 0.25) is 5.02 Å². The lowest BCUT2D eigenvalue weighted by molar-refractivity contribution is 0.0474. The van der Waals surface area contributed by atoms with E-state index in [9.17, 15) is 14.4 Å². The van der Waals surface area contributed by atoms with Crippen molar-refractivity contribution in [3.63, 3.8) is 0 Å². The van der Waals surface area contributed by atoms with Gasteiger partial charge >= 0.3 is 5.97 Å². The molecule has 3 aromatic carbocycles. The number of esters is 1. The first-order valence-electron chi connectivity index (χ1n) is 8.97. The minimum absolute atomic E-state index is 0.211. The Bertz CT molecular complexity index is 1080. The molecule has 30 heavy (non-hydrogen) atoms.